The van der Waals surface area contributed by atoms with Crippen molar-refractivity contribution in [1.82, 2.24) is 9.78 Å². The fourth-order valence-corrected chi connectivity index (χ4v) is 3.98. The van der Waals surface area contributed by atoms with Crippen molar-refractivity contribution in [1.29, 1.82) is 10.7 Å². The van der Waals surface area contributed by atoms with E-state index in [2.05, 4.69) is 6.07 Å². The number of benzene rings is 3. The molecule has 1 aliphatic heterocycles. The number of aromatic nitrogens is 2. The van der Waals surface area contributed by atoms with Gasteiger partial charge in [0.15, 0.2) is 0 Å². The molecule has 1 aromatic heterocycles. The quantitative estimate of drug-likeness (QED) is 0.524. The normalized spacial score (nSPS) is 17.6. The van der Waals surface area contributed by atoms with E-state index in [1.54, 1.807) is 4.68 Å². The van der Waals surface area contributed by atoms with E-state index in [1.165, 1.54) is 0 Å². The summed E-state index contributed by atoms with van der Waals surface area (Å²) in [6.07, 6.45) is 0. The van der Waals surface area contributed by atoms with Gasteiger partial charge >= 0.3 is 0 Å². The summed E-state index contributed by atoms with van der Waals surface area (Å²) in [4.78, 5) is 0. The number of para-hydroxylation sites is 1. The van der Waals surface area contributed by atoms with Gasteiger partial charge in [-0.3, -0.25) is 5.41 Å². The van der Waals surface area contributed by atoms with Crippen LogP contribution in [0.5, 0.6) is 5.88 Å². The number of rotatable bonds is 3. The molecule has 0 bridgehead atoms. The van der Waals surface area contributed by atoms with Gasteiger partial charge in [-0.25, -0.2) is 0 Å². The lowest BCUT2D eigenvalue weighted by Crippen LogP contribution is -2.31. The molecule has 0 amide bonds. The first-order chi connectivity index (χ1) is 14.8. The number of nitriles is 1. The summed E-state index contributed by atoms with van der Waals surface area (Å²) in [5.41, 5.74) is 4.34. The van der Waals surface area contributed by atoms with Gasteiger partial charge in [-0.1, -0.05) is 78.9 Å². The van der Waals surface area contributed by atoms with Crippen LogP contribution in [0.15, 0.2) is 91.0 Å². The molecule has 5 nitrogen and oxygen atoms in total. The van der Waals surface area contributed by atoms with E-state index in [9.17, 15) is 5.26 Å². The van der Waals surface area contributed by atoms with Crippen LogP contribution < -0.4 is 4.74 Å². The number of nitrogens with zero attached hydrogens (tertiary/aromatic N) is 3. The second kappa shape index (κ2) is 7.34. The molecular weight excluding hydrogens is 372 g/mol. The third-order valence-corrected chi connectivity index (χ3v) is 5.36. The fourth-order valence-electron chi connectivity index (χ4n) is 3.98. The van der Waals surface area contributed by atoms with Gasteiger partial charge in [0.1, 0.15) is 11.6 Å². The van der Waals surface area contributed by atoms with E-state index in [4.69, 9.17) is 15.2 Å². The molecule has 0 fully saturated rings. The monoisotopic (exact) mass is 390 g/mol. The van der Waals surface area contributed by atoms with Gasteiger partial charge in [0, 0.05) is 11.5 Å². The maximum Gasteiger partial charge on any atom is 0.228 e. The molecule has 0 aliphatic carbocycles. The van der Waals surface area contributed by atoms with Crippen LogP contribution in [0.1, 0.15) is 17.0 Å². The van der Waals surface area contributed by atoms with Crippen molar-refractivity contribution in [3.8, 4) is 28.9 Å². The van der Waals surface area contributed by atoms with E-state index in [0.29, 0.717) is 5.88 Å². The Bertz CT molecular complexity index is 1240. The second-order valence-corrected chi connectivity index (χ2v) is 7.14. The van der Waals surface area contributed by atoms with Crippen LogP contribution in [0.2, 0.25) is 0 Å². The lowest BCUT2D eigenvalue weighted by Gasteiger charge is -2.29. The summed E-state index contributed by atoms with van der Waals surface area (Å²) < 4.78 is 7.67. The Kier molecular flexibility index (Phi) is 4.38. The molecule has 0 spiro atoms. The zero-order valence-electron chi connectivity index (χ0n) is 16.1. The predicted octanol–water partition coefficient (Wildman–Crippen LogP) is 5.18. The molecule has 0 saturated heterocycles. The van der Waals surface area contributed by atoms with Crippen molar-refractivity contribution in [2.24, 2.45) is 5.92 Å². The maximum absolute atomic E-state index is 9.91. The second-order valence-electron chi connectivity index (χ2n) is 7.14. The Hall–Kier alpha value is -4.17. The van der Waals surface area contributed by atoms with Gasteiger partial charge in [0.25, 0.3) is 0 Å². The molecule has 3 aromatic carbocycles. The number of hydrogen-bond donors (Lipinski definition) is 1. The molecule has 2 atom stereocenters. The molecule has 5 rings (SSSR count). The van der Waals surface area contributed by atoms with E-state index in [1.807, 2.05) is 91.0 Å². The highest BCUT2D eigenvalue weighted by atomic mass is 16.5. The van der Waals surface area contributed by atoms with E-state index < -0.39 is 5.92 Å². The molecule has 1 N–H and O–H groups in total. The van der Waals surface area contributed by atoms with Crippen LogP contribution in [0.25, 0.3) is 16.9 Å². The molecular formula is C25H18N4O. The van der Waals surface area contributed by atoms with Gasteiger partial charge in [-0.2, -0.15) is 15.0 Å². The molecule has 0 saturated carbocycles. The smallest absolute Gasteiger partial charge is 0.228 e. The highest BCUT2D eigenvalue weighted by Gasteiger charge is 2.42. The van der Waals surface area contributed by atoms with Crippen LogP contribution in [0, 0.1) is 22.7 Å². The summed E-state index contributed by atoms with van der Waals surface area (Å²) in [5.74, 6) is -0.642. The molecule has 4 aromatic rings. The topological polar surface area (TPSA) is 74.7 Å². The highest BCUT2D eigenvalue weighted by Crippen LogP contribution is 2.47. The average molecular weight is 390 g/mol. The third-order valence-electron chi connectivity index (χ3n) is 5.36. The van der Waals surface area contributed by atoms with Crippen LogP contribution in [-0.4, -0.2) is 15.7 Å². The van der Waals surface area contributed by atoms with Crippen molar-refractivity contribution in [3.05, 3.63) is 102 Å². The first-order valence-corrected chi connectivity index (χ1v) is 9.72. The third kappa shape index (κ3) is 2.87. The van der Waals surface area contributed by atoms with Crippen molar-refractivity contribution < 1.29 is 4.74 Å². The first kappa shape index (κ1) is 17.9. The minimum Gasteiger partial charge on any atom is -0.423 e. The van der Waals surface area contributed by atoms with Crippen molar-refractivity contribution >= 4 is 5.90 Å². The van der Waals surface area contributed by atoms with Crippen LogP contribution in [-0.2, 0) is 0 Å². The summed E-state index contributed by atoms with van der Waals surface area (Å²) in [6.45, 7) is 0. The summed E-state index contributed by atoms with van der Waals surface area (Å²) >= 11 is 0. The van der Waals surface area contributed by atoms with Crippen LogP contribution >= 0.6 is 0 Å². The number of ether oxygens (including phenoxy) is 1. The molecule has 144 valence electrons. The van der Waals surface area contributed by atoms with Crippen molar-refractivity contribution in [2.45, 2.75) is 5.92 Å². The minimum absolute atomic E-state index is 0.0597. The van der Waals surface area contributed by atoms with Crippen molar-refractivity contribution in [2.75, 3.05) is 0 Å². The van der Waals surface area contributed by atoms with E-state index >= 15 is 0 Å². The Balaban J connectivity index is 1.83. The predicted molar refractivity (Wildman–Crippen MR) is 115 cm³/mol. The molecule has 30 heavy (non-hydrogen) atoms. The summed E-state index contributed by atoms with van der Waals surface area (Å²) in [7, 11) is 0. The first-order valence-electron chi connectivity index (χ1n) is 9.72. The zero-order chi connectivity index (χ0) is 20.5. The molecule has 1 aliphatic rings. The largest absolute Gasteiger partial charge is 0.423 e. The van der Waals surface area contributed by atoms with Gasteiger partial charge in [-0.15, -0.1) is 0 Å². The fraction of sp³-hybridized carbons (Fsp3) is 0.0800. The Morgan fingerprint density at radius 1 is 0.867 bits per heavy atom. The standard InChI is InChI=1S/C25H18N4O/c26-16-20-21(17-10-4-1-5-11-17)22-23(18-12-6-2-7-13-18)28-29(25(22)30-24(20)27)19-14-8-3-9-15-19/h1-15,20-21,27H. The zero-order valence-corrected chi connectivity index (χ0v) is 16.1. The van der Waals surface area contributed by atoms with Gasteiger partial charge in [0.05, 0.1) is 17.3 Å². The van der Waals surface area contributed by atoms with Gasteiger partial charge < -0.3 is 4.74 Å². The maximum atomic E-state index is 9.91. The van der Waals surface area contributed by atoms with Gasteiger partial charge in [0.2, 0.25) is 11.8 Å². The number of hydrogen-bond acceptors (Lipinski definition) is 4. The van der Waals surface area contributed by atoms with Crippen LogP contribution in [0.3, 0.4) is 0 Å². The Morgan fingerprint density at radius 2 is 1.47 bits per heavy atom. The van der Waals surface area contributed by atoms with E-state index in [-0.39, 0.29) is 11.8 Å². The Labute approximate surface area is 174 Å². The highest BCUT2D eigenvalue weighted by molar-refractivity contribution is 5.87. The lowest BCUT2D eigenvalue weighted by molar-refractivity contribution is 0.424. The number of nitrogens with one attached hydrogen (secondary N) is 1. The number of fused-ring (bicyclic) bond motifs is 1. The SMILES string of the molecule is N#CC1C(=N)Oc2c(c(-c3ccccc3)nn2-c2ccccc2)C1c1ccccc1. The summed E-state index contributed by atoms with van der Waals surface area (Å²) in [5, 5.41) is 23.2. The molecule has 5 heteroatoms. The van der Waals surface area contributed by atoms with Crippen molar-refractivity contribution in [3.63, 3.8) is 0 Å². The molecule has 2 heterocycles. The van der Waals surface area contributed by atoms with Crippen LogP contribution in [0.4, 0.5) is 0 Å². The molecule has 0 radical (unpaired) electrons. The Morgan fingerprint density at radius 3 is 2.10 bits per heavy atom. The van der Waals surface area contributed by atoms with E-state index in [0.717, 1.165) is 28.1 Å². The summed E-state index contributed by atoms with van der Waals surface area (Å²) in [6, 6.07) is 31.7. The minimum atomic E-state index is -0.726. The lowest BCUT2D eigenvalue weighted by atomic mass is 9.79. The van der Waals surface area contributed by atoms with Gasteiger partial charge in [-0.05, 0) is 17.7 Å². The average Bonchev–Trinajstić information content (AvgIpc) is 3.19. The molecule has 2 unspecified atom stereocenters.